The Kier molecular flexibility index (Phi) is 6.37. The lowest BCUT2D eigenvalue weighted by molar-refractivity contribution is 0.0428. The maximum Gasteiger partial charge on any atom is 0.319 e. The van der Waals surface area contributed by atoms with Crippen molar-refractivity contribution in [3.05, 3.63) is 29.8 Å². The van der Waals surface area contributed by atoms with Gasteiger partial charge in [-0.25, -0.2) is 4.79 Å². The topological polar surface area (TPSA) is 88.7 Å². The van der Waals surface area contributed by atoms with Gasteiger partial charge in [-0.1, -0.05) is 0 Å². The highest BCUT2D eigenvalue weighted by Crippen LogP contribution is 2.12. The molecule has 1 heterocycles. The molecule has 1 fully saturated rings. The Morgan fingerprint density at radius 3 is 2.61 bits per heavy atom. The van der Waals surface area contributed by atoms with Crippen molar-refractivity contribution in [1.82, 2.24) is 10.6 Å². The molecule has 3 amide bonds. The van der Waals surface area contributed by atoms with Crippen LogP contribution in [0, 0.1) is 0 Å². The molecule has 1 aliphatic heterocycles. The normalized spacial score (nSPS) is 20.1. The Balaban J connectivity index is 1.86. The zero-order chi connectivity index (χ0) is 16.7. The van der Waals surface area contributed by atoms with Crippen LogP contribution in [0.15, 0.2) is 24.3 Å². The highest BCUT2D eigenvalue weighted by Gasteiger charge is 2.29. The Hall–Kier alpha value is -2.12. The standard InChI is InChI=1S/C16H23N3O4/c1-3-17-15(20)11-5-7-12(8-6-11)18-16(21)19-13-9-22-10-14(13)23-4-2/h5-8,13-14H,3-4,9-10H2,1-2H3,(H,17,20)(H2,18,19,21)/t13-,14-/m0/s1. The van der Waals surface area contributed by atoms with Gasteiger partial charge in [-0.3, -0.25) is 4.79 Å². The van der Waals surface area contributed by atoms with Crippen LogP contribution >= 0.6 is 0 Å². The molecular weight excluding hydrogens is 298 g/mol. The van der Waals surface area contributed by atoms with Crippen LogP contribution in [0.4, 0.5) is 10.5 Å². The third-order valence-corrected chi connectivity index (χ3v) is 3.47. The van der Waals surface area contributed by atoms with E-state index in [1.54, 1.807) is 24.3 Å². The van der Waals surface area contributed by atoms with Crippen molar-refractivity contribution in [2.24, 2.45) is 0 Å². The third kappa shape index (κ3) is 4.94. The largest absolute Gasteiger partial charge is 0.376 e. The van der Waals surface area contributed by atoms with Crippen LogP contribution in [-0.2, 0) is 9.47 Å². The van der Waals surface area contributed by atoms with Gasteiger partial charge < -0.3 is 25.4 Å². The van der Waals surface area contributed by atoms with Gasteiger partial charge in [0.05, 0.1) is 19.3 Å². The molecule has 0 unspecified atom stereocenters. The molecule has 7 heteroatoms. The predicted molar refractivity (Wildman–Crippen MR) is 86.6 cm³/mol. The van der Waals surface area contributed by atoms with Gasteiger partial charge in [0, 0.05) is 24.4 Å². The van der Waals surface area contributed by atoms with Crippen LogP contribution in [0.5, 0.6) is 0 Å². The van der Waals surface area contributed by atoms with Crippen LogP contribution in [-0.4, -0.2) is 50.4 Å². The van der Waals surface area contributed by atoms with Crippen LogP contribution < -0.4 is 16.0 Å². The molecule has 7 nitrogen and oxygen atoms in total. The van der Waals surface area contributed by atoms with Gasteiger partial charge in [0.1, 0.15) is 6.10 Å². The van der Waals surface area contributed by atoms with E-state index in [1.807, 2.05) is 13.8 Å². The average Bonchev–Trinajstić information content (AvgIpc) is 2.95. The molecule has 2 rings (SSSR count). The summed E-state index contributed by atoms with van der Waals surface area (Å²) in [5, 5.41) is 8.30. The first-order valence-corrected chi connectivity index (χ1v) is 7.79. The first-order chi connectivity index (χ1) is 11.1. The van der Waals surface area contributed by atoms with E-state index in [-0.39, 0.29) is 24.1 Å². The van der Waals surface area contributed by atoms with Crippen LogP contribution in [0.25, 0.3) is 0 Å². The van der Waals surface area contributed by atoms with Crippen molar-refractivity contribution in [2.45, 2.75) is 26.0 Å². The molecule has 1 aliphatic rings. The first kappa shape index (κ1) is 17.2. The second-order valence-corrected chi connectivity index (χ2v) is 5.17. The monoisotopic (exact) mass is 321 g/mol. The molecule has 0 radical (unpaired) electrons. The second kappa shape index (κ2) is 8.50. The number of anilines is 1. The van der Waals surface area contributed by atoms with E-state index in [2.05, 4.69) is 16.0 Å². The van der Waals surface area contributed by atoms with Gasteiger partial charge in [0.25, 0.3) is 5.91 Å². The van der Waals surface area contributed by atoms with Crippen LogP contribution in [0.1, 0.15) is 24.2 Å². The SMILES string of the molecule is CCNC(=O)c1ccc(NC(=O)N[C@H]2COC[C@@H]2OCC)cc1. The number of urea groups is 1. The third-order valence-electron chi connectivity index (χ3n) is 3.47. The second-order valence-electron chi connectivity index (χ2n) is 5.17. The van der Waals surface area contributed by atoms with E-state index in [0.29, 0.717) is 37.6 Å². The summed E-state index contributed by atoms with van der Waals surface area (Å²) in [6, 6.07) is 6.23. The molecule has 2 atom stereocenters. The van der Waals surface area contributed by atoms with Crippen molar-refractivity contribution in [3.63, 3.8) is 0 Å². The number of amides is 3. The number of hydrogen-bond acceptors (Lipinski definition) is 4. The van der Waals surface area contributed by atoms with Gasteiger partial charge in [0.2, 0.25) is 0 Å². The minimum Gasteiger partial charge on any atom is -0.376 e. The number of benzene rings is 1. The average molecular weight is 321 g/mol. The summed E-state index contributed by atoms with van der Waals surface area (Å²) in [5.41, 5.74) is 1.17. The van der Waals surface area contributed by atoms with E-state index in [0.717, 1.165) is 0 Å². The molecule has 0 spiro atoms. The zero-order valence-electron chi connectivity index (χ0n) is 13.4. The number of carbonyl (C=O) groups is 2. The van der Waals surface area contributed by atoms with Gasteiger partial charge in [-0.15, -0.1) is 0 Å². The molecule has 1 aromatic carbocycles. The maximum atomic E-state index is 12.0. The van der Waals surface area contributed by atoms with E-state index >= 15 is 0 Å². The fourth-order valence-corrected chi connectivity index (χ4v) is 2.35. The van der Waals surface area contributed by atoms with E-state index < -0.39 is 0 Å². The van der Waals surface area contributed by atoms with Crippen molar-refractivity contribution < 1.29 is 19.1 Å². The zero-order valence-corrected chi connectivity index (χ0v) is 13.4. The fourth-order valence-electron chi connectivity index (χ4n) is 2.35. The maximum absolute atomic E-state index is 12.0. The summed E-state index contributed by atoms with van der Waals surface area (Å²) < 4.78 is 10.8. The van der Waals surface area contributed by atoms with Gasteiger partial charge in [-0.05, 0) is 38.1 Å². The fraction of sp³-hybridized carbons (Fsp3) is 0.500. The van der Waals surface area contributed by atoms with Crippen LogP contribution in [0.3, 0.4) is 0 Å². The molecule has 3 N–H and O–H groups in total. The first-order valence-electron chi connectivity index (χ1n) is 7.79. The number of ether oxygens (including phenoxy) is 2. The molecule has 0 aliphatic carbocycles. The van der Waals surface area contributed by atoms with Crippen molar-refractivity contribution >= 4 is 17.6 Å². The lowest BCUT2D eigenvalue weighted by Crippen LogP contribution is -2.45. The smallest absolute Gasteiger partial charge is 0.319 e. The quantitative estimate of drug-likeness (QED) is 0.738. The lowest BCUT2D eigenvalue weighted by Gasteiger charge is -2.19. The molecule has 23 heavy (non-hydrogen) atoms. The summed E-state index contributed by atoms with van der Waals surface area (Å²) in [7, 11) is 0. The summed E-state index contributed by atoms with van der Waals surface area (Å²) in [4.78, 5) is 23.7. The highest BCUT2D eigenvalue weighted by atomic mass is 16.5. The Morgan fingerprint density at radius 1 is 1.22 bits per heavy atom. The van der Waals surface area contributed by atoms with E-state index in [9.17, 15) is 9.59 Å². The molecule has 0 bridgehead atoms. The molecule has 1 aromatic rings. The number of hydrogen-bond donors (Lipinski definition) is 3. The molecule has 0 aromatic heterocycles. The Labute approximate surface area is 135 Å². The molecular formula is C16H23N3O4. The van der Waals surface area contributed by atoms with Crippen molar-refractivity contribution in [3.8, 4) is 0 Å². The van der Waals surface area contributed by atoms with E-state index in [1.165, 1.54) is 0 Å². The number of nitrogens with one attached hydrogen (secondary N) is 3. The Morgan fingerprint density at radius 2 is 1.96 bits per heavy atom. The summed E-state index contributed by atoms with van der Waals surface area (Å²) in [6.45, 7) is 5.85. The highest BCUT2D eigenvalue weighted by molar-refractivity contribution is 5.95. The summed E-state index contributed by atoms with van der Waals surface area (Å²) in [5.74, 6) is -0.133. The minimum atomic E-state index is -0.323. The van der Waals surface area contributed by atoms with Crippen LogP contribution in [0.2, 0.25) is 0 Å². The summed E-state index contributed by atoms with van der Waals surface area (Å²) in [6.07, 6.45) is -0.120. The van der Waals surface area contributed by atoms with E-state index in [4.69, 9.17) is 9.47 Å². The molecule has 126 valence electrons. The summed E-state index contributed by atoms with van der Waals surface area (Å²) >= 11 is 0. The van der Waals surface area contributed by atoms with Gasteiger partial charge in [-0.2, -0.15) is 0 Å². The number of carbonyl (C=O) groups excluding carboxylic acids is 2. The predicted octanol–water partition coefficient (Wildman–Crippen LogP) is 1.36. The van der Waals surface area contributed by atoms with Crippen molar-refractivity contribution in [1.29, 1.82) is 0 Å². The molecule has 0 saturated carbocycles. The lowest BCUT2D eigenvalue weighted by atomic mass is 10.2. The number of rotatable bonds is 6. The van der Waals surface area contributed by atoms with Gasteiger partial charge >= 0.3 is 6.03 Å². The Bertz CT molecular complexity index is 533. The molecule has 1 saturated heterocycles. The van der Waals surface area contributed by atoms with Crippen molar-refractivity contribution in [2.75, 3.05) is 31.7 Å². The minimum absolute atomic E-state index is 0.120. The van der Waals surface area contributed by atoms with Gasteiger partial charge in [0.15, 0.2) is 0 Å².